The van der Waals surface area contributed by atoms with Gasteiger partial charge in [-0.15, -0.1) is 0 Å². The summed E-state index contributed by atoms with van der Waals surface area (Å²) in [5.41, 5.74) is 10.9. The molecule has 0 aromatic heterocycles. The lowest BCUT2D eigenvalue weighted by Gasteiger charge is -2.19. The van der Waals surface area contributed by atoms with Gasteiger partial charge in [0, 0.05) is 16.8 Å². The number of nitrogens with one attached hydrogen (secondary N) is 1. The van der Waals surface area contributed by atoms with E-state index >= 15 is 0 Å². The van der Waals surface area contributed by atoms with Crippen LogP contribution in [-0.2, 0) is 12.8 Å². The van der Waals surface area contributed by atoms with E-state index in [1.54, 1.807) is 36.4 Å². The summed E-state index contributed by atoms with van der Waals surface area (Å²) in [5, 5.41) is 13.5. The average molecular weight is 525 g/mol. The fraction of sp³-hybridized carbons (Fsp3) is 0.214. The molecule has 0 spiro atoms. The molecule has 3 aromatic carbocycles. The van der Waals surface area contributed by atoms with Gasteiger partial charge in [0.2, 0.25) is 0 Å². The number of nitrogens with two attached hydrogens (primary N) is 1. The number of carbonyl (C=O) groups is 2. The van der Waals surface area contributed by atoms with Gasteiger partial charge in [0.05, 0.1) is 27.0 Å². The Morgan fingerprint density at radius 2 is 1.72 bits per heavy atom. The number of ether oxygens (including phenoxy) is 1. The summed E-state index contributed by atoms with van der Waals surface area (Å²) in [7, 11) is 0. The second-order valence-corrected chi connectivity index (χ2v) is 9.74. The zero-order chi connectivity index (χ0) is 26.0. The molecule has 1 aliphatic carbocycles. The van der Waals surface area contributed by atoms with E-state index in [0.717, 1.165) is 11.1 Å². The Labute approximate surface area is 219 Å². The molecular weight excluding hydrogens is 499 g/mol. The highest BCUT2D eigenvalue weighted by Crippen LogP contribution is 2.32. The van der Waals surface area contributed by atoms with Crippen LogP contribution in [0.25, 0.3) is 0 Å². The molecule has 6 nitrogen and oxygen atoms in total. The van der Waals surface area contributed by atoms with E-state index in [-0.39, 0.29) is 23.9 Å². The normalized spacial score (nSPS) is 13.4. The van der Waals surface area contributed by atoms with Gasteiger partial charge in [-0.2, -0.15) is 0 Å². The van der Waals surface area contributed by atoms with Gasteiger partial charge in [0.1, 0.15) is 12.4 Å². The van der Waals surface area contributed by atoms with Crippen molar-refractivity contribution in [3.05, 3.63) is 104 Å². The lowest BCUT2D eigenvalue weighted by atomic mass is 9.97. The molecule has 4 rings (SSSR count). The molecule has 0 saturated heterocycles. The summed E-state index contributed by atoms with van der Waals surface area (Å²) in [4.78, 5) is 24.6. The van der Waals surface area contributed by atoms with E-state index in [1.807, 2.05) is 19.9 Å². The maximum Gasteiger partial charge on any atom is 0.335 e. The molecule has 0 unspecified atom stereocenters. The Kier molecular flexibility index (Phi) is 7.57. The van der Waals surface area contributed by atoms with Gasteiger partial charge in [-0.1, -0.05) is 49.2 Å². The monoisotopic (exact) mass is 524 g/mol. The van der Waals surface area contributed by atoms with Crippen LogP contribution in [0.2, 0.25) is 10.0 Å². The largest absolute Gasteiger partial charge is 0.487 e. The van der Waals surface area contributed by atoms with Crippen molar-refractivity contribution in [2.24, 2.45) is 11.7 Å². The summed E-state index contributed by atoms with van der Waals surface area (Å²) in [6.07, 6.45) is 1.25. The molecular formula is C28H26Cl2N2O4. The number of carbonyl (C=O) groups excluding carboxylic acids is 1. The van der Waals surface area contributed by atoms with Crippen molar-refractivity contribution in [3.8, 4) is 5.75 Å². The molecule has 0 atom stereocenters. The Morgan fingerprint density at radius 1 is 1.03 bits per heavy atom. The number of hydrogen-bond donors (Lipinski definition) is 3. The SMILES string of the molecule is CC(C)/C(N)=C(\COc1ccc2c(c1)CCc1ccc(C(=O)O)cc1C2=O)Nc1c(Cl)cccc1Cl. The summed E-state index contributed by atoms with van der Waals surface area (Å²) in [6.45, 7) is 4.10. The van der Waals surface area contributed by atoms with Crippen molar-refractivity contribution in [1.82, 2.24) is 0 Å². The molecule has 0 radical (unpaired) electrons. The Balaban J connectivity index is 1.58. The number of ketones is 1. The fourth-order valence-corrected chi connectivity index (χ4v) is 4.60. The minimum atomic E-state index is -1.06. The average Bonchev–Trinajstić information content (AvgIpc) is 2.99. The molecule has 0 heterocycles. The van der Waals surface area contributed by atoms with Crippen LogP contribution in [0.1, 0.15) is 51.3 Å². The maximum absolute atomic E-state index is 13.2. The molecule has 1 aliphatic rings. The number of carboxylic acid groups (broad SMARTS) is 1. The van der Waals surface area contributed by atoms with Crippen LogP contribution in [0.15, 0.2) is 66.0 Å². The first-order chi connectivity index (χ1) is 17.2. The number of benzene rings is 3. The quantitative estimate of drug-likeness (QED) is 0.333. The van der Waals surface area contributed by atoms with E-state index < -0.39 is 5.97 Å². The molecule has 0 aliphatic heterocycles. The van der Waals surface area contributed by atoms with Crippen molar-refractivity contribution in [1.29, 1.82) is 0 Å². The molecule has 36 heavy (non-hydrogen) atoms. The van der Waals surface area contributed by atoms with E-state index in [4.69, 9.17) is 33.7 Å². The van der Waals surface area contributed by atoms with Crippen LogP contribution in [0.3, 0.4) is 0 Å². The standard InChI is InChI=1S/C28H26Cl2N2O4/c1-15(2)25(31)24(32-26-22(29)4-3-5-23(26)30)14-36-19-10-11-20-17(12-19)8-6-16-7-9-18(28(34)35)13-21(16)27(20)33/h3-5,7,9-13,15,32H,6,8,14,31H2,1-2H3,(H,34,35)/b25-24-. The first-order valence-corrected chi connectivity index (χ1v) is 12.3. The molecule has 0 fully saturated rings. The number of aromatic carboxylic acids is 1. The molecule has 4 N–H and O–H groups in total. The Hall–Kier alpha value is -3.48. The summed E-state index contributed by atoms with van der Waals surface area (Å²) in [5.74, 6) is -0.613. The lowest BCUT2D eigenvalue weighted by molar-refractivity contribution is 0.0697. The number of fused-ring (bicyclic) bond motifs is 2. The third kappa shape index (κ3) is 5.35. The third-order valence-electron chi connectivity index (χ3n) is 6.18. The minimum Gasteiger partial charge on any atom is -0.487 e. The van der Waals surface area contributed by atoms with Crippen LogP contribution in [0, 0.1) is 5.92 Å². The van der Waals surface area contributed by atoms with Crippen molar-refractivity contribution < 1.29 is 19.4 Å². The number of para-hydroxylation sites is 1. The van der Waals surface area contributed by atoms with Gasteiger partial charge in [-0.25, -0.2) is 4.79 Å². The summed E-state index contributed by atoms with van der Waals surface area (Å²) in [6, 6.07) is 15.2. The highest BCUT2D eigenvalue weighted by molar-refractivity contribution is 6.39. The van der Waals surface area contributed by atoms with Gasteiger partial charge >= 0.3 is 5.97 Å². The van der Waals surface area contributed by atoms with Crippen LogP contribution in [-0.4, -0.2) is 23.5 Å². The topological polar surface area (TPSA) is 102 Å². The molecule has 0 saturated carbocycles. The van der Waals surface area contributed by atoms with E-state index in [9.17, 15) is 14.7 Å². The van der Waals surface area contributed by atoms with Crippen molar-refractivity contribution >= 4 is 40.6 Å². The van der Waals surface area contributed by atoms with E-state index in [0.29, 0.717) is 56.8 Å². The van der Waals surface area contributed by atoms with Crippen molar-refractivity contribution in [2.75, 3.05) is 11.9 Å². The highest BCUT2D eigenvalue weighted by atomic mass is 35.5. The number of anilines is 1. The number of carboxylic acids is 1. The second-order valence-electron chi connectivity index (χ2n) is 8.92. The number of allylic oxidation sites excluding steroid dienone is 1. The molecule has 3 aromatic rings. The molecule has 186 valence electrons. The Bertz CT molecular complexity index is 1360. The number of aryl methyl sites for hydroxylation is 2. The predicted octanol–water partition coefficient (Wildman–Crippen LogP) is 6.34. The van der Waals surface area contributed by atoms with Crippen LogP contribution in [0.5, 0.6) is 5.75 Å². The van der Waals surface area contributed by atoms with Gasteiger partial charge in [0.25, 0.3) is 0 Å². The Morgan fingerprint density at radius 3 is 2.39 bits per heavy atom. The number of hydrogen-bond acceptors (Lipinski definition) is 5. The van der Waals surface area contributed by atoms with Crippen LogP contribution in [0.4, 0.5) is 5.69 Å². The van der Waals surface area contributed by atoms with E-state index in [1.165, 1.54) is 12.1 Å². The lowest BCUT2D eigenvalue weighted by Crippen LogP contribution is -2.20. The van der Waals surface area contributed by atoms with Crippen LogP contribution < -0.4 is 15.8 Å². The summed E-state index contributed by atoms with van der Waals surface area (Å²) >= 11 is 12.7. The number of rotatable bonds is 7. The van der Waals surface area contributed by atoms with Gasteiger partial charge in [0.15, 0.2) is 5.78 Å². The molecule has 0 bridgehead atoms. The zero-order valence-electron chi connectivity index (χ0n) is 19.9. The molecule has 8 heteroatoms. The van der Waals surface area contributed by atoms with Gasteiger partial charge in [-0.05, 0) is 72.4 Å². The fourth-order valence-electron chi connectivity index (χ4n) is 4.11. The zero-order valence-corrected chi connectivity index (χ0v) is 21.4. The molecule has 0 amide bonds. The highest BCUT2D eigenvalue weighted by Gasteiger charge is 2.23. The number of halogens is 2. The maximum atomic E-state index is 13.2. The van der Waals surface area contributed by atoms with Gasteiger partial charge < -0.3 is 20.9 Å². The predicted molar refractivity (Wildman–Crippen MR) is 142 cm³/mol. The van der Waals surface area contributed by atoms with Crippen molar-refractivity contribution in [2.45, 2.75) is 26.7 Å². The summed E-state index contributed by atoms with van der Waals surface area (Å²) < 4.78 is 6.09. The smallest absolute Gasteiger partial charge is 0.335 e. The van der Waals surface area contributed by atoms with Gasteiger partial charge in [-0.3, -0.25) is 4.79 Å². The van der Waals surface area contributed by atoms with Crippen LogP contribution >= 0.6 is 23.2 Å². The first kappa shape index (κ1) is 25.6. The first-order valence-electron chi connectivity index (χ1n) is 11.5. The third-order valence-corrected chi connectivity index (χ3v) is 6.81. The van der Waals surface area contributed by atoms with E-state index in [2.05, 4.69) is 5.32 Å². The minimum absolute atomic E-state index is 0.0521. The second kappa shape index (κ2) is 10.6. The van der Waals surface area contributed by atoms with Crippen molar-refractivity contribution in [3.63, 3.8) is 0 Å².